The van der Waals surface area contributed by atoms with Gasteiger partial charge >= 0.3 is 0 Å². The SMILES string of the molecule is C/N=C\c1c(N)ncnc1F. The molecule has 0 atom stereocenters. The average molecular weight is 154 g/mol. The van der Waals surface area contributed by atoms with Crippen LogP contribution in [0.1, 0.15) is 5.56 Å². The lowest BCUT2D eigenvalue weighted by Gasteiger charge is -1.96. The van der Waals surface area contributed by atoms with Crippen molar-refractivity contribution in [1.82, 2.24) is 9.97 Å². The number of rotatable bonds is 1. The third-order valence-corrected chi connectivity index (χ3v) is 1.12. The van der Waals surface area contributed by atoms with Gasteiger partial charge in [-0.25, -0.2) is 9.97 Å². The molecule has 1 aromatic rings. The van der Waals surface area contributed by atoms with Crippen molar-refractivity contribution in [3.05, 3.63) is 17.8 Å². The lowest BCUT2D eigenvalue weighted by atomic mass is 10.3. The Balaban J connectivity index is 3.20. The quantitative estimate of drug-likeness (QED) is 0.465. The van der Waals surface area contributed by atoms with Crippen LogP contribution in [-0.4, -0.2) is 23.2 Å². The summed E-state index contributed by atoms with van der Waals surface area (Å²) < 4.78 is 12.7. The molecule has 0 fully saturated rings. The second kappa shape index (κ2) is 3.05. The molecular weight excluding hydrogens is 147 g/mol. The van der Waals surface area contributed by atoms with E-state index < -0.39 is 5.95 Å². The molecule has 0 saturated carbocycles. The highest BCUT2D eigenvalue weighted by Gasteiger charge is 2.04. The van der Waals surface area contributed by atoms with Crippen molar-refractivity contribution < 1.29 is 4.39 Å². The summed E-state index contributed by atoms with van der Waals surface area (Å²) in [7, 11) is 1.52. The third kappa shape index (κ3) is 1.49. The Morgan fingerprint density at radius 1 is 1.64 bits per heavy atom. The first-order chi connectivity index (χ1) is 5.25. The van der Waals surface area contributed by atoms with Crippen LogP contribution < -0.4 is 5.73 Å². The normalized spacial score (nSPS) is 10.7. The van der Waals surface area contributed by atoms with E-state index in [0.29, 0.717) is 0 Å². The van der Waals surface area contributed by atoms with Crippen LogP contribution in [-0.2, 0) is 0 Å². The topological polar surface area (TPSA) is 64.2 Å². The fraction of sp³-hybridized carbons (Fsp3) is 0.167. The maximum atomic E-state index is 12.7. The van der Waals surface area contributed by atoms with E-state index in [0.717, 1.165) is 6.33 Å². The van der Waals surface area contributed by atoms with E-state index in [2.05, 4.69) is 15.0 Å². The summed E-state index contributed by atoms with van der Waals surface area (Å²) in [5.74, 6) is -0.550. The Morgan fingerprint density at radius 3 is 2.91 bits per heavy atom. The van der Waals surface area contributed by atoms with Gasteiger partial charge in [0.15, 0.2) is 0 Å². The highest BCUT2D eigenvalue weighted by molar-refractivity contribution is 5.85. The lowest BCUT2D eigenvalue weighted by molar-refractivity contribution is 0.578. The average Bonchev–Trinajstić information content (AvgIpc) is 1.97. The van der Waals surface area contributed by atoms with Crippen molar-refractivity contribution in [3.8, 4) is 0 Å². The Morgan fingerprint density at radius 2 is 2.36 bits per heavy atom. The first-order valence-electron chi connectivity index (χ1n) is 2.94. The lowest BCUT2D eigenvalue weighted by Crippen LogP contribution is -2.02. The van der Waals surface area contributed by atoms with E-state index in [1.54, 1.807) is 0 Å². The van der Waals surface area contributed by atoms with Crippen LogP contribution in [0.15, 0.2) is 11.3 Å². The van der Waals surface area contributed by atoms with Gasteiger partial charge in [-0.2, -0.15) is 4.39 Å². The summed E-state index contributed by atoms with van der Waals surface area (Å²) in [6.07, 6.45) is 2.35. The fourth-order valence-electron chi connectivity index (χ4n) is 0.635. The predicted octanol–water partition coefficient (Wildman–Crippen LogP) is 0.247. The van der Waals surface area contributed by atoms with E-state index >= 15 is 0 Å². The Labute approximate surface area is 63.0 Å². The minimum atomic E-state index is -0.650. The third-order valence-electron chi connectivity index (χ3n) is 1.12. The standard InChI is InChI=1S/C6H7FN4/c1-9-2-4-5(7)10-3-11-6(4)8/h2-3H,1H3,(H2,8,10,11)/b9-2-. The molecule has 58 valence electrons. The fourth-order valence-corrected chi connectivity index (χ4v) is 0.635. The van der Waals surface area contributed by atoms with Crippen molar-refractivity contribution in [3.63, 3.8) is 0 Å². The number of aromatic nitrogens is 2. The maximum Gasteiger partial charge on any atom is 0.226 e. The van der Waals surface area contributed by atoms with Gasteiger partial charge in [0.1, 0.15) is 12.1 Å². The van der Waals surface area contributed by atoms with Crippen LogP contribution in [0.4, 0.5) is 10.2 Å². The molecule has 2 N–H and O–H groups in total. The molecule has 0 amide bonds. The molecule has 0 aliphatic rings. The van der Waals surface area contributed by atoms with E-state index in [1.165, 1.54) is 13.3 Å². The van der Waals surface area contributed by atoms with E-state index in [1.807, 2.05) is 0 Å². The van der Waals surface area contributed by atoms with Gasteiger partial charge in [0.2, 0.25) is 5.95 Å². The molecule has 4 nitrogen and oxygen atoms in total. The Hall–Kier alpha value is -1.52. The number of nitrogens with zero attached hydrogens (tertiary/aromatic N) is 3. The number of anilines is 1. The van der Waals surface area contributed by atoms with E-state index in [9.17, 15) is 4.39 Å². The zero-order valence-corrected chi connectivity index (χ0v) is 5.95. The molecule has 0 aliphatic heterocycles. The van der Waals surface area contributed by atoms with Crippen LogP contribution in [0.2, 0.25) is 0 Å². The summed E-state index contributed by atoms with van der Waals surface area (Å²) in [4.78, 5) is 10.5. The first kappa shape index (κ1) is 7.59. The molecule has 0 bridgehead atoms. The number of aliphatic imine (C=N–C) groups is 1. The van der Waals surface area contributed by atoms with Crippen LogP contribution in [0.5, 0.6) is 0 Å². The highest BCUT2D eigenvalue weighted by Crippen LogP contribution is 2.06. The van der Waals surface area contributed by atoms with Crippen molar-refractivity contribution in [2.24, 2.45) is 4.99 Å². The van der Waals surface area contributed by atoms with Crippen molar-refractivity contribution in [1.29, 1.82) is 0 Å². The van der Waals surface area contributed by atoms with Gasteiger partial charge in [-0.3, -0.25) is 4.99 Å². The molecule has 0 saturated heterocycles. The van der Waals surface area contributed by atoms with Crippen LogP contribution in [0.3, 0.4) is 0 Å². The number of hydrogen-bond acceptors (Lipinski definition) is 4. The molecular formula is C6H7FN4. The molecule has 0 aromatic carbocycles. The van der Waals surface area contributed by atoms with E-state index in [4.69, 9.17) is 5.73 Å². The summed E-state index contributed by atoms with van der Waals surface area (Å²) in [6.45, 7) is 0. The number of hydrogen-bond donors (Lipinski definition) is 1. The smallest absolute Gasteiger partial charge is 0.226 e. The second-order valence-corrected chi connectivity index (χ2v) is 1.85. The zero-order valence-electron chi connectivity index (χ0n) is 5.95. The maximum absolute atomic E-state index is 12.7. The molecule has 0 aliphatic carbocycles. The van der Waals surface area contributed by atoms with Gasteiger partial charge in [-0.15, -0.1) is 0 Å². The predicted molar refractivity (Wildman–Crippen MR) is 39.9 cm³/mol. The van der Waals surface area contributed by atoms with Gasteiger partial charge in [0, 0.05) is 13.3 Å². The van der Waals surface area contributed by atoms with Crippen molar-refractivity contribution in [2.45, 2.75) is 0 Å². The largest absolute Gasteiger partial charge is 0.383 e. The molecule has 11 heavy (non-hydrogen) atoms. The molecule has 1 rings (SSSR count). The molecule has 0 unspecified atom stereocenters. The summed E-state index contributed by atoms with van der Waals surface area (Å²) in [5.41, 5.74) is 5.46. The van der Waals surface area contributed by atoms with Crippen LogP contribution in [0, 0.1) is 5.95 Å². The van der Waals surface area contributed by atoms with Gasteiger partial charge in [-0.1, -0.05) is 0 Å². The monoisotopic (exact) mass is 154 g/mol. The number of halogens is 1. The van der Waals surface area contributed by atoms with Gasteiger partial charge < -0.3 is 5.73 Å². The molecule has 1 aromatic heterocycles. The summed E-state index contributed by atoms with van der Waals surface area (Å²) in [5, 5.41) is 0. The van der Waals surface area contributed by atoms with Crippen molar-refractivity contribution >= 4 is 12.0 Å². The van der Waals surface area contributed by atoms with Gasteiger partial charge in [-0.05, 0) is 0 Å². The second-order valence-electron chi connectivity index (χ2n) is 1.85. The first-order valence-corrected chi connectivity index (χ1v) is 2.94. The minimum Gasteiger partial charge on any atom is -0.383 e. The molecule has 5 heteroatoms. The van der Waals surface area contributed by atoms with Gasteiger partial charge in [0.25, 0.3) is 0 Å². The summed E-state index contributed by atoms with van der Waals surface area (Å²) >= 11 is 0. The number of nitrogen functional groups attached to an aromatic ring is 1. The van der Waals surface area contributed by atoms with Crippen LogP contribution in [0.25, 0.3) is 0 Å². The van der Waals surface area contributed by atoms with E-state index in [-0.39, 0.29) is 11.4 Å². The minimum absolute atomic E-state index is 0.100. The Bertz CT molecular complexity index is 264. The summed E-state index contributed by atoms with van der Waals surface area (Å²) in [6, 6.07) is 0. The Kier molecular flexibility index (Phi) is 2.10. The zero-order chi connectivity index (χ0) is 8.27. The van der Waals surface area contributed by atoms with Crippen LogP contribution >= 0.6 is 0 Å². The number of nitrogens with two attached hydrogens (primary N) is 1. The van der Waals surface area contributed by atoms with Gasteiger partial charge in [0.05, 0.1) is 5.56 Å². The molecule has 1 heterocycles. The van der Waals surface area contributed by atoms with Crippen molar-refractivity contribution in [2.75, 3.05) is 12.8 Å². The molecule has 0 spiro atoms. The highest BCUT2D eigenvalue weighted by atomic mass is 19.1. The molecule has 0 radical (unpaired) electrons.